The van der Waals surface area contributed by atoms with E-state index in [4.69, 9.17) is 4.74 Å². The van der Waals surface area contributed by atoms with E-state index in [2.05, 4.69) is 10.6 Å². The predicted molar refractivity (Wildman–Crippen MR) is 91.5 cm³/mol. The molecule has 0 saturated heterocycles. The van der Waals surface area contributed by atoms with Gasteiger partial charge in [0.25, 0.3) is 0 Å². The number of aryl methyl sites for hydroxylation is 1. The Hall–Kier alpha value is -2.18. The van der Waals surface area contributed by atoms with Gasteiger partial charge in [-0.05, 0) is 40.4 Å². The van der Waals surface area contributed by atoms with Crippen molar-refractivity contribution in [1.82, 2.24) is 5.32 Å². The molecule has 2 aromatic rings. The fraction of sp³-hybridized carbons (Fsp3) is 0.294. The van der Waals surface area contributed by atoms with Crippen molar-refractivity contribution in [3.8, 4) is 0 Å². The number of nitrogens with one attached hydrogen (secondary N) is 2. The molecule has 0 spiro atoms. The van der Waals surface area contributed by atoms with Gasteiger partial charge >= 0.3 is 11.8 Å². The summed E-state index contributed by atoms with van der Waals surface area (Å²) in [4.78, 5) is 24.0. The fourth-order valence-electron chi connectivity index (χ4n) is 2.19. The highest BCUT2D eigenvalue weighted by atomic mass is 32.1. The van der Waals surface area contributed by atoms with E-state index in [0.29, 0.717) is 5.69 Å². The first-order valence-corrected chi connectivity index (χ1v) is 8.32. The highest BCUT2D eigenvalue weighted by Crippen LogP contribution is 2.18. The number of anilines is 1. The summed E-state index contributed by atoms with van der Waals surface area (Å²) in [6.07, 6.45) is 0.517. The first-order valence-electron chi connectivity index (χ1n) is 7.37. The van der Waals surface area contributed by atoms with Gasteiger partial charge in [0.05, 0.1) is 0 Å². The van der Waals surface area contributed by atoms with Gasteiger partial charge in [-0.2, -0.15) is 11.3 Å². The van der Waals surface area contributed by atoms with Gasteiger partial charge in [0.1, 0.15) is 6.10 Å². The SMILES string of the molecule is CCc1ccccc1NC(=O)C(=O)NCC(OC)c1ccsc1. The Bertz CT molecular complexity index is 656. The number of methoxy groups -OCH3 is 1. The number of ether oxygens (including phenoxy) is 1. The molecular weight excluding hydrogens is 312 g/mol. The molecule has 1 aromatic carbocycles. The van der Waals surface area contributed by atoms with Crippen molar-refractivity contribution in [3.05, 3.63) is 52.2 Å². The minimum atomic E-state index is -0.675. The molecule has 23 heavy (non-hydrogen) atoms. The maximum atomic E-state index is 12.0. The first kappa shape index (κ1) is 17.2. The molecule has 122 valence electrons. The van der Waals surface area contributed by atoms with Crippen LogP contribution >= 0.6 is 11.3 Å². The summed E-state index contributed by atoms with van der Waals surface area (Å²) in [6, 6.07) is 9.36. The zero-order valence-corrected chi connectivity index (χ0v) is 14.0. The Morgan fingerprint density at radius 2 is 2.00 bits per heavy atom. The molecule has 6 heteroatoms. The zero-order chi connectivity index (χ0) is 16.7. The molecule has 0 saturated carbocycles. The van der Waals surface area contributed by atoms with Crippen molar-refractivity contribution in [3.63, 3.8) is 0 Å². The Morgan fingerprint density at radius 3 is 2.65 bits per heavy atom. The van der Waals surface area contributed by atoms with Gasteiger partial charge in [0.2, 0.25) is 0 Å². The van der Waals surface area contributed by atoms with Crippen LogP contribution in [0.3, 0.4) is 0 Å². The van der Waals surface area contributed by atoms with E-state index in [1.807, 2.05) is 41.9 Å². The average molecular weight is 332 g/mol. The Balaban J connectivity index is 1.91. The topological polar surface area (TPSA) is 67.4 Å². The molecule has 1 heterocycles. The highest BCUT2D eigenvalue weighted by molar-refractivity contribution is 7.07. The second-order valence-electron chi connectivity index (χ2n) is 4.96. The number of para-hydroxylation sites is 1. The number of carbonyl (C=O) groups excluding carboxylic acids is 2. The standard InChI is InChI=1S/C17H20N2O3S/c1-3-12-6-4-5-7-14(12)19-17(21)16(20)18-10-15(22-2)13-8-9-23-11-13/h4-9,11,15H,3,10H2,1-2H3,(H,18,20)(H,19,21). The third kappa shape index (κ3) is 4.64. The second kappa shape index (κ2) is 8.45. The molecule has 0 radical (unpaired) electrons. The van der Waals surface area contributed by atoms with Crippen LogP contribution in [0.2, 0.25) is 0 Å². The summed E-state index contributed by atoms with van der Waals surface area (Å²) in [5, 5.41) is 9.15. The smallest absolute Gasteiger partial charge is 0.313 e. The van der Waals surface area contributed by atoms with E-state index in [9.17, 15) is 9.59 Å². The lowest BCUT2D eigenvalue weighted by Gasteiger charge is -2.15. The van der Waals surface area contributed by atoms with Crippen molar-refractivity contribution in [2.75, 3.05) is 19.0 Å². The summed E-state index contributed by atoms with van der Waals surface area (Å²) in [5.41, 5.74) is 2.63. The van der Waals surface area contributed by atoms with Gasteiger partial charge in [0.15, 0.2) is 0 Å². The van der Waals surface area contributed by atoms with E-state index in [1.54, 1.807) is 24.5 Å². The van der Waals surface area contributed by atoms with Crippen LogP contribution in [0.4, 0.5) is 5.69 Å². The number of hydrogen-bond acceptors (Lipinski definition) is 4. The quantitative estimate of drug-likeness (QED) is 0.799. The molecule has 5 nitrogen and oxygen atoms in total. The largest absolute Gasteiger partial charge is 0.375 e. The van der Waals surface area contributed by atoms with Gasteiger partial charge in [-0.3, -0.25) is 9.59 Å². The lowest BCUT2D eigenvalue weighted by Crippen LogP contribution is -2.38. The molecule has 1 unspecified atom stereocenters. The van der Waals surface area contributed by atoms with Crippen molar-refractivity contribution < 1.29 is 14.3 Å². The van der Waals surface area contributed by atoms with Crippen molar-refractivity contribution in [1.29, 1.82) is 0 Å². The van der Waals surface area contributed by atoms with E-state index >= 15 is 0 Å². The minimum Gasteiger partial charge on any atom is -0.375 e. The molecule has 1 atom stereocenters. The van der Waals surface area contributed by atoms with Crippen molar-refractivity contribution in [2.24, 2.45) is 0 Å². The molecule has 2 rings (SSSR count). The Morgan fingerprint density at radius 1 is 1.22 bits per heavy atom. The molecule has 0 aliphatic heterocycles. The summed E-state index contributed by atoms with van der Waals surface area (Å²) < 4.78 is 5.34. The van der Waals surface area contributed by atoms with Crippen LogP contribution in [-0.4, -0.2) is 25.5 Å². The van der Waals surface area contributed by atoms with Gasteiger partial charge in [-0.25, -0.2) is 0 Å². The molecule has 0 aliphatic carbocycles. The van der Waals surface area contributed by atoms with Crippen LogP contribution in [-0.2, 0) is 20.7 Å². The molecular formula is C17H20N2O3S. The fourth-order valence-corrected chi connectivity index (χ4v) is 2.89. The maximum Gasteiger partial charge on any atom is 0.313 e. The van der Waals surface area contributed by atoms with Crippen LogP contribution in [0, 0.1) is 0 Å². The molecule has 1 aromatic heterocycles. The first-order chi connectivity index (χ1) is 11.2. The summed E-state index contributed by atoms with van der Waals surface area (Å²) in [7, 11) is 1.58. The predicted octanol–water partition coefficient (Wildman–Crippen LogP) is 2.75. The minimum absolute atomic E-state index is 0.245. The van der Waals surface area contributed by atoms with Crippen LogP contribution in [0.25, 0.3) is 0 Å². The number of hydrogen-bond donors (Lipinski definition) is 2. The van der Waals surface area contributed by atoms with E-state index in [0.717, 1.165) is 17.5 Å². The molecule has 2 amide bonds. The lowest BCUT2D eigenvalue weighted by atomic mass is 10.1. The maximum absolute atomic E-state index is 12.0. The highest BCUT2D eigenvalue weighted by Gasteiger charge is 2.18. The van der Waals surface area contributed by atoms with E-state index in [1.165, 1.54) is 0 Å². The number of amides is 2. The third-order valence-corrected chi connectivity index (χ3v) is 4.20. The van der Waals surface area contributed by atoms with Gasteiger partial charge in [0, 0.05) is 19.3 Å². The molecule has 0 fully saturated rings. The van der Waals surface area contributed by atoms with Crippen LogP contribution in [0.5, 0.6) is 0 Å². The lowest BCUT2D eigenvalue weighted by molar-refractivity contribution is -0.136. The van der Waals surface area contributed by atoms with Crippen LogP contribution < -0.4 is 10.6 Å². The molecule has 0 aliphatic rings. The Labute approximate surface area is 139 Å². The Kier molecular flexibility index (Phi) is 6.31. The molecule has 2 N–H and O–H groups in total. The van der Waals surface area contributed by atoms with Gasteiger partial charge in [-0.1, -0.05) is 25.1 Å². The number of carbonyl (C=O) groups is 2. The summed E-state index contributed by atoms with van der Waals surface area (Å²) in [5.74, 6) is -1.35. The van der Waals surface area contributed by atoms with Crippen LogP contribution in [0.15, 0.2) is 41.1 Å². The third-order valence-electron chi connectivity index (χ3n) is 3.50. The van der Waals surface area contributed by atoms with Crippen molar-refractivity contribution >= 4 is 28.8 Å². The van der Waals surface area contributed by atoms with Crippen LogP contribution in [0.1, 0.15) is 24.2 Å². The summed E-state index contributed by atoms with van der Waals surface area (Å²) in [6.45, 7) is 2.24. The van der Waals surface area contributed by atoms with E-state index in [-0.39, 0.29) is 12.6 Å². The van der Waals surface area contributed by atoms with Gasteiger partial charge < -0.3 is 15.4 Å². The monoisotopic (exact) mass is 332 g/mol. The summed E-state index contributed by atoms with van der Waals surface area (Å²) >= 11 is 1.56. The number of thiophene rings is 1. The van der Waals surface area contributed by atoms with E-state index < -0.39 is 11.8 Å². The second-order valence-corrected chi connectivity index (χ2v) is 5.74. The molecule has 0 bridgehead atoms. The van der Waals surface area contributed by atoms with Crippen molar-refractivity contribution in [2.45, 2.75) is 19.4 Å². The zero-order valence-electron chi connectivity index (χ0n) is 13.2. The van der Waals surface area contributed by atoms with Gasteiger partial charge in [-0.15, -0.1) is 0 Å². The number of rotatable bonds is 6. The normalized spacial score (nSPS) is 11.7. The number of benzene rings is 1. The average Bonchev–Trinajstić information content (AvgIpc) is 3.10.